The molecule has 2 aromatic rings. The normalized spacial score (nSPS) is 16.0. The molecule has 0 bridgehead atoms. The van der Waals surface area contributed by atoms with Gasteiger partial charge in [-0.05, 0) is 49.2 Å². The van der Waals surface area contributed by atoms with E-state index in [-0.39, 0.29) is 17.3 Å². The Labute approximate surface area is 177 Å². The van der Waals surface area contributed by atoms with Gasteiger partial charge in [0, 0.05) is 17.3 Å². The highest BCUT2D eigenvalue weighted by Crippen LogP contribution is 2.31. The molecule has 1 saturated carbocycles. The second-order valence-corrected chi connectivity index (χ2v) is 9.17. The summed E-state index contributed by atoms with van der Waals surface area (Å²) in [5, 5.41) is 2.28. The average Bonchev–Trinajstić information content (AvgIpc) is 2.96. The van der Waals surface area contributed by atoms with Crippen molar-refractivity contribution in [3.63, 3.8) is 0 Å². The van der Waals surface area contributed by atoms with E-state index in [9.17, 15) is 30.8 Å². The molecule has 0 atom stereocenters. The number of hydrogen-bond acceptors (Lipinski definition) is 3. The van der Waals surface area contributed by atoms with Crippen LogP contribution in [0.5, 0.6) is 0 Å². The molecule has 0 spiro atoms. The van der Waals surface area contributed by atoms with Crippen molar-refractivity contribution in [1.82, 2.24) is 4.72 Å². The largest absolute Gasteiger partial charge is 0.416 e. The molecule has 0 unspecified atom stereocenters. The van der Waals surface area contributed by atoms with Crippen LogP contribution in [0.1, 0.15) is 54.4 Å². The smallest absolute Gasteiger partial charge is 0.322 e. The fourth-order valence-corrected chi connectivity index (χ4v) is 4.92. The summed E-state index contributed by atoms with van der Waals surface area (Å²) < 4.78 is 80.8. The molecular formula is C21H22F4N2O3S. The van der Waals surface area contributed by atoms with Crippen LogP contribution in [0.3, 0.4) is 0 Å². The first-order valence-corrected chi connectivity index (χ1v) is 11.3. The minimum absolute atomic E-state index is 0.120. The second-order valence-electron chi connectivity index (χ2n) is 7.49. The molecular weight excluding hydrogens is 436 g/mol. The molecule has 0 heterocycles. The molecule has 1 fully saturated rings. The van der Waals surface area contributed by atoms with Crippen LogP contribution in [-0.4, -0.2) is 20.4 Å². The maximum Gasteiger partial charge on any atom is 0.416 e. The van der Waals surface area contributed by atoms with Crippen LogP contribution in [0.4, 0.5) is 23.2 Å². The molecule has 1 aliphatic rings. The van der Waals surface area contributed by atoms with Gasteiger partial charge < -0.3 is 5.32 Å². The number of anilines is 1. The van der Waals surface area contributed by atoms with Gasteiger partial charge in [-0.15, -0.1) is 0 Å². The number of carbonyl (C=O) groups is 1. The highest BCUT2D eigenvalue weighted by atomic mass is 32.2. The molecule has 3 rings (SSSR count). The summed E-state index contributed by atoms with van der Waals surface area (Å²) in [5.74, 6) is -1.87. The van der Waals surface area contributed by atoms with Crippen molar-refractivity contribution >= 4 is 21.6 Å². The second kappa shape index (κ2) is 9.35. The highest BCUT2D eigenvalue weighted by molar-refractivity contribution is 7.89. The quantitative estimate of drug-likeness (QED) is 0.484. The van der Waals surface area contributed by atoms with Gasteiger partial charge in [0.15, 0.2) is 0 Å². The number of amides is 1. The van der Waals surface area contributed by atoms with Gasteiger partial charge in [-0.3, -0.25) is 4.79 Å². The van der Waals surface area contributed by atoms with Crippen LogP contribution in [0.2, 0.25) is 0 Å². The highest BCUT2D eigenvalue weighted by Gasteiger charge is 2.30. The fourth-order valence-electron chi connectivity index (χ4n) is 3.51. The van der Waals surface area contributed by atoms with Gasteiger partial charge >= 0.3 is 6.18 Å². The van der Waals surface area contributed by atoms with Crippen LogP contribution in [0.15, 0.2) is 47.4 Å². The maximum absolute atomic E-state index is 14.3. The Kier molecular flexibility index (Phi) is 7.00. The van der Waals surface area contributed by atoms with Crippen molar-refractivity contribution in [2.45, 2.75) is 55.6 Å². The lowest BCUT2D eigenvalue weighted by Gasteiger charge is -2.17. The summed E-state index contributed by atoms with van der Waals surface area (Å²) in [6.45, 7) is 0. The molecule has 0 saturated heterocycles. The Morgan fingerprint density at radius 2 is 1.65 bits per heavy atom. The van der Waals surface area contributed by atoms with Crippen LogP contribution < -0.4 is 10.0 Å². The molecule has 168 valence electrons. The predicted molar refractivity (Wildman–Crippen MR) is 108 cm³/mol. The summed E-state index contributed by atoms with van der Waals surface area (Å²) in [5.41, 5.74) is -1.26. The van der Waals surface area contributed by atoms with Crippen molar-refractivity contribution in [3.8, 4) is 0 Å². The molecule has 1 aliphatic carbocycles. The van der Waals surface area contributed by atoms with Crippen LogP contribution in [0.25, 0.3) is 0 Å². The van der Waals surface area contributed by atoms with E-state index in [1.807, 2.05) is 0 Å². The number of sulfonamides is 1. The van der Waals surface area contributed by atoms with Gasteiger partial charge in [-0.25, -0.2) is 17.5 Å². The van der Waals surface area contributed by atoms with Gasteiger partial charge in [-0.1, -0.05) is 31.7 Å². The molecule has 0 aromatic heterocycles. The number of benzene rings is 2. The van der Waals surface area contributed by atoms with E-state index in [4.69, 9.17) is 0 Å². The minimum atomic E-state index is -4.58. The molecule has 10 heteroatoms. The summed E-state index contributed by atoms with van der Waals surface area (Å²) in [7, 11) is -4.22. The van der Waals surface area contributed by atoms with E-state index >= 15 is 0 Å². The molecule has 2 N–H and O–H groups in total. The molecule has 0 radical (unpaired) electrons. The van der Waals surface area contributed by atoms with Crippen molar-refractivity contribution in [3.05, 3.63) is 59.4 Å². The molecule has 2 aromatic carbocycles. The number of alkyl halides is 3. The lowest BCUT2D eigenvalue weighted by molar-refractivity contribution is -0.137. The molecule has 1 amide bonds. The fraction of sp³-hybridized carbons (Fsp3) is 0.381. The van der Waals surface area contributed by atoms with E-state index in [0.717, 1.165) is 62.1 Å². The average molecular weight is 458 g/mol. The monoisotopic (exact) mass is 458 g/mol. The third kappa shape index (κ3) is 6.04. The van der Waals surface area contributed by atoms with Crippen molar-refractivity contribution in [1.29, 1.82) is 0 Å². The van der Waals surface area contributed by atoms with E-state index < -0.39 is 38.4 Å². The minimum Gasteiger partial charge on any atom is -0.322 e. The number of halogens is 4. The molecule has 31 heavy (non-hydrogen) atoms. The summed E-state index contributed by atoms with van der Waals surface area (Å²) in [4.78, 5) is 11.8. The van der Waals surface area contributed by atoms with E-state index in [0.29, 0.717) is 12.8 Å². The summed E-state index contributed by atoms with van der Waals surface area (Å²) in [6, 6.07) is 6.51. The van der Waals surface area contributed by atoms with Gasteiger partial charge in [0.05, 0.1) is 5.56 Å². The maximum atomic E-state index is 14.3. The Hall–Kier alpha value is -2.46. The molecule has 0 aliphatic heterocycles. The van der Waals surface area contributed by atoms with Gasteiger partial charge in [0.1, 0.15) is 10.7 Å². The first kappa shape index (κ1) is 23.2. The summed E-state index contributed by atoms with van der Waals surface area (Å²) >= 11 is 0. The first-order valence-electron chi connectivity index (χ1n) is 9.87. The summed E-state index contributed by atoms with van der Waals surface area (Å²) in [6.07, 6.45) is 0.481. The topological polar surface area (TPSA) is 75.3 Å². The van der Waals surface area contributed by atoms with Crippen molar-refractivity contribution in [2.75, 3.05) is 5.32 Å². The van der Waals surface area contributed by atoms with E-state index in [1.165, 1.54) is 6.07 Å². The van der Waals surface area contributed by atoms with Crippen LogP contribution in [0, 0.1) is 5.82 Å². The Balaban J connectivity index is 1.80. The first-order chi connectivity index (χ1) is 14.6. The Bertz CT molecular complexity index is 1050. The van der Waals surface area contributed by atoms with Crippen molar-refractivity contribution in [2.24, 2.45) is 0 Å². The number of carbonyl (C=O) groups excluding carboxylic acids is 1. The zero-order valence-corrected chi connectivity index (χ0v) is 17.3. The van der Waals surface area contributed by atoms with Crippen molar-refractivity contribution < 1.29 is 30.8 Å². The number of rotatable bonds is 5. The van der Waals surface area contributed by atoms with Gasteiger partial charge in [0.2, 0.25) is 10.0 Å². The zero-order chi connectivity index (χ0) is 22.6. The standard InChI is InChI=1S/C21H22F4N2O3S/c22-18-11-10-14(20(28)26-17-9-5-6-15(13-17)21(23,24)25)12-19(18)31(29,30)27-16-7-3-1-2-4-8-16/h5-6,9-13,16,27H,1-4,7-8H2,(H,26,28). The van der Waals surface area contributed by atoms with Crippen LogP contribution >= 0.6 is 0 Å². The number of hydrogen-bond donors (Lipinski definition) is 2. The zero-order valence-electron chi connectivity index (χ0n) is 16.5. The third-order valence-corrected chi connectivity index (χ3v) is 6.64. The van der Waals surface area contributed by atoms with Gasteiger partial charge in [-0.2, -0.15) is 13.2 Å². The Morgan fingerprint density at radius 1 is 0.968 bits per heavy atom. The third-order valence-electron chi connectivity index (χ3n) is 5.11. The lowest BCUT2D eigenvalue weighted by atomic mass is 10.1. The predicted octanol–water partition coefficient (Wildman–Crippen LogP) is 5.10. The van der Waals surface area contributed by atoms with E-state index in [2.05, 4.69) is 10.0 Å². The van der Waals surface area contributed by atoms with E-state index in [1.54, 1.807) is 0 Å². The Morgan fingerprint density at radius 3 is 2.29 bits per heavy atom. The molecule has 5 nitrogen and oxygen atoms in total. The number of nitrogens with one attached hydrogen (secondary N) is 2. The SMILES string of the molecule is O=C(Nc1cccc(C(F)(F)F)c1)c1ccc(F)c(S(=O)(=O)NC2CCCCCC2)c1. The van der Waals surface area contributed by atoms with Gasteiger partial charge in [0.25, 0.3) is 5.91 Å². The lowest BCUT2D eigenvalue weighted by Crippen LogP contribution is -2.35. The van der Waals surface area contributed by atoms with Crippen LogP contribution in [-0.2, 0) is 16.2 Å².